The first kappa shape index (κ1) is 12.3. The fraction of sp³-hybridized carbons (Fsp3) is 0.0625. The van der Waals surface area contributed by atoms with Crippen LogP contribution in [-0.2, 0) is 0 Å². The van der Waals surface area contributed by atoms with Crippen molar-refractivity contribution in [1.82, 2.24) is 4.98 Å². The molecular weight excluding hydrogens is 250 g/mol. The molecule has 20 heavy (non-hydrogen) atoms. The number of hydrogen-bond acceptors (Lipinski definition) is 1. The van der Waals surface area contributed by atoms with Crippen molar-refractivity contribution in [3.05, 3.63) is 60.3 Å². The zero-order valence-corrected chi connectivity index (χ0v) is 11.1. The van der Waals surface area contributed by atoms with E-state index in [4.69, 9.17) is 0 Å². The highest BCUT2D eigenvalue weighted by atomic mass is 16.2. The van der Waals surface area contributed by atoms with E-state index in [2.05, 4.69) is 15.6 Å². The van der Waals surface area contributed by atoms with E-state index in [0.717, 1.165) is 27.8 Å². The average molecular weight is 265 g/mol. The monoisotopic (exact) mass is 265 g/mol. The summed E-state index contributed by atoms with van der Waals surface area (Å²) in [6, 6.07) is 15.3. The molecule has 2 amide bonds. The van der Waals surface area contributed by atoms with Gasteiger partial charge >= 0.3 is 6.03 Å². The third-order valence-corrected chi connectivity index (χ3v) is 3.11. The molecule has 3 rings (SSSR count). The summed E-state index contributed by atoms with van der Waals surface area (Å²) >= 11 is 0. The van der Waals surface area contributed by atoms with Gasteiger partial charge in [0.05, 0.1) is 5.69 Å². The molecule has 1 heterocycles. The Morgan fingerprint density at radius 3 is 2.75 bits per heavy atom. The van der Waals surface area contributed by atoms with Crippen LogP contribution < -0.4 is 10.6 Å². The van der Waals surface area contributed by atoms with Crippen LogP contribution in [0.2, 0.25) is 0 Å². The number of aryl methyl sites for hydroxylation is 1. The Balaban J connectivity index is 1.76. The van der Waals surface area contributed by atoms with Gasteiger partial charge in [-0.15, -0.1) is 0 Å². The van der Waals surface area contributed by atoms with Crippen molar-refractivity contribution in [2.45, 2.75) is 6.92 Å². The van der Waals surface area contributed by atoms with Crippen LogP contribution in [0, 0.1) is 6.92 Å². The molecule has 1 aromatic heterocycles. The first-order valence-corrected chi connectivity index (χ1v) is 6.43. The van der Waals surface area contributed by atoms with Crippen molar-refractivity contribution in [2.75, 3.05) is 10.6 Å². The summed E-state index contributed by atoms with van der Waals surface area (Å²) in [5, 5.41) is 6.67. The molecule has 2 aromatic carbocycles. The summed E-state index contributed by atoms with van der Waals surface area (Å²) in [6.45, 7) is 1.99. The number of carbonyl (C=O) groups excluding carboxylic acids is 1. The van der Waals surface area contributed by atoms with Crippen LogP contribution in [-0.4, -0.2) is 11.0 Å². The summed E-state index contributed by atoms with van der Waals surface area (Å²) in [4.78, 5) is 15.1. The predicted molar refractivity (Wildman–Crippen MR) is 82.1 cm³/mol. The molecule has 0 aliphatic carbocycles. The Bertz CT molecular complexity index is 761. The number of urea groups is 1. The van der Waals surface area contributed by atoms with Gasteiger partial charge in [0.1, 0.15) is 0 Å². The van der Waals surface area contributed by atoms with Gasteiger partial charge in [-0.3, -0.25) is 0 Å². The molecule has 4 nitrogen and oxygen atoms in total. The Hall–Kier alpha value is -2.75. The van der Waals surface area contributed by atoms with Gasteiger partial charge in [0.2, 0.25) is 0 Å². The van der Waals surface area contributed by atoms with Gasteiger partial charge in [-0.2, -0.15) is 0 Å². The van der Waals surface area contributed by atoms with Crippen LogP contribution in [0.5, 0.6) is 0 Å². The maximum absolute atomic E-state index is 12.0. The Labute approximate surface area is 116 Å². The van der Waals surface area contributed by atoms with Crippen LogP contribution in [0.4, 0.5) is 16.2 Å². The Morgan fingerprint density at radius 2 is 1.90 bits per heavy atom. The maximum Gasteiger partial charge on any atom is 0.323 e. The van der Waals surface area contributed by atoms with Crippen LogP contribution in [0.25, 0.3) is 10.9 Å². The number of aromatic nitrogens is 1. The van der Waals surface area contributed by atoms with Crippen LogP contribution in [0.1, 0.15) is 5.56 Å². The molecule has 4 heteroatoms. The molecule has 0 bridgehead atoms. The van der Waals surface area contributed by atoms with Crippen LogP contribution in [0.15, 0.2) is 54.7 Å². The largest absolute Gasteiger partial charge is 0.359 e. The SMILES string of the molecule is Cc1cccc(NC(=O)Nc2c[nH]c3ccccc23)c1. The van der Waals surface area contributed by atoms with Gasteiger partial charge in [0.15, 0.2) is 0 Å². The Morgan fingerprint density at radius 1 is 1.05 bits per heavy atom. The van der Waals surface area contributed by atoms with E-state index >= 15 is 0 Å². The smallest absolute Gasteiger partial charge is 0.323 e. The third kappa shape index (κ3) is 2.49. The molecule has 100 valence electrons. The van der Waals surface area contributed by atoms with Crippen molar-refractivity contribution in [3.8, 4) is 0 Å². The fourth-order valence-corrected chi connectivity index (χ4v) is 2.18. The number of nitrogens with one attached hydrogen (secondary N) is 3. The molecule has 0 unspecified atom stereocenters. The number of carbonyl (C=O) groups is 1. The standard InChI is InChI=1S/C16H15N3O/c1-11-5-4-6-12(9-11)18-16(20)19-15-10-17-14-8-3-2-7-13(14)15/h2-10,17H,1H3,(H2,18,19,20). The van der Waals surface area contributed by atoms with Gasteiger partial charge in [0.25, 0.3) is 0 Å². The highest BCUT2D eigenvalue weighted by Crippen LogP contribution is 2.22. The second-order valence-corrected chi connectivity index (χ2v) is 4.70. The first-order chi connectivity index (χ1) is 9.72. The van der Waals surface area contributed by atoms with E-state index in [1.165, 1.54) is 0 Å². The number of H-pyrrole nitrogens is 1. The van der Waals surface area contributed by atoms with Crippen LogP contribution in [0.3, 0.4) is 0 Å². The lowest BCUT2D eigenvalue weighted by Gasteiger charge is -2.07. The first-order valence-electron chi connectivity index (χ1n) is 6.43. The predicted octanol–water partition coefficient (Wildman–Crippen LogP) is 4.12. The summed E-state index contributed by atoms with van der Waals surface area (Å²) in [5.41, 5.74) is 3.65. The van der Waals surface area contributed by atoms with Gasteiger partial charge in [-0.05, 0) is 30.7 Å². The van der Waals surface area contributed by atoms with Crippen molar-refractivity contribution in [1.29, 1.82) is 0 Å². The van der Waals surface area contributed by atoms with Crippen molar-refractivity contribution in [3.63, 3.8) is 0 Å². The van der Waals surface area contributed by atoms with E-state index in [1.807, 2.05) is 55.5 Å². The second-order valence-electron chi connectivity index (χ2n) is 4.70. The van der Waals surface area contributed by atoms with Gasteiger partial charge in [-0.25, -0.2) is 4.79 Å². The molecule has 0 spiro atoms. The molecule has 0 saturated heterocycles. The molecule has 3 N–H and O–H groups in total. The van der Waals surface area contributed by atoms with Gasteiger partial charge in [-0.1, -0.05) is 30.3 Å². The van der Waals surface area contributed by atoms with Crippen molar-refractivity contribution >= 4 is 28.3 Å². The molecular formula is C16H15N3O. The molecule has 0 aliphatic rings. The fourth-order valence-electron chi connectivity index (χ4n) is 2.18. The minimum atomic E-state index is -0.250. The highest BCUT2D eigenvalue weighted by Gasteiger charge is 2.07. The normalized spacial score (nSPS) is 10.4. The number of para-hydroxylation sites is 1. The topological polar surface area (TPSA) is 56.9 Å². The minimum Gasteiger partial charge on any atom is -0.359 e. The lowest BCUT2D eigenvalue weighted by molar-refractivity contribution is 0.262. The average Bonchev–Trinajstić information content (AvgIpc) is 2.82. The lowest BCUT2D eigenvalue weighted by atomic mass is 10.2. The minimum absolute atomic E-state index is 0.250. The molecule has 0 radical (unpaired) electrons. The summed E-state index contributed by atoms with van der Waals surface area (Å²) in [5.74, 6) is 0. The number of benzene rings is 2. The third-order valence-electron chi connectivity index (χ3n) is 3.11. The lowest BCUT2D eigenvalue weighted by Crippen LogP contribution is -2.19. The van der Waals surface area contributed by atoms with Crippen LogP contribution >= 0.6 is 0 Å². The summed E-state index contributed by atoms with van der Waals surface area (Å²) < 4.78 is 0. The number of anilines is 2. The molecule has 0 aliphatic heterocycles. The number of amides is 2. The number of aromatic amines is 1. The number of rotatable bonds is 2. The quantitative estimate of drug-likeness (QED) is 0.641. The van der Waals surface area contributed by atoms with E-state index in [1.54, 1.807) is 6.20 Å². The Kier molecular flexibility index (Phi) is 3.13. The summed E-state index contributed by atoms with van der Waals surface area (Å²) in [6.07, 6.45) is 1.79. The van der Waals surface area contributed by atoms with Crippen molar-refractivity contribution < 1.29 is 4.79 Å². The van der Waals surface area contributed by atoms with Gasteiger partial charge < -0.3 is 15.6 Å². The number of hydrogen-bond donors (Lipinski definition) is 3. The zero-order chi connectivity index (χ0) is 13.9. The van der Waals surface area contributed by atoms with E-state index in [9.17, 15) is 4.79 Å². The van der Waals surface area contributed by atoms with Gasteiger partial charge in [0, 0.05) is 22.8 Å². The zero-order valence-electron chi connectivity index (χ0n) is 11.1. The van der Waals surface area contributed by atoms with E-state index < -0.39 is 0 Å². The molecule has 0 atom stereocenters. The second kappa shape index (κ2) is 5.09. The molecule has 0 fully saturated rings. The summed E-state index contributed by atoms with van der Waals surface area (Å²) in [7, 11) is 0. The molecule has 0 saturated carbocycles. The van der Waals surface area contributed by atoms with Crippen molar-refractivity contribution in [2.24, 2.45) is 0 Å². The van der Waals surface area contributed by atoms with E-state index in [0.29, 0.717) is 0 Å². The number of fused-ring (bicyclic) bond motifs is 1. The molecule has 3 aromatic rings. The van der Waals surface area contributed by atoms with E-state index in [-0.39, 0.29) is 6.03 Å². The highest BCUT2D eigenvalue weighted by molar-refractivity contribution is 6.05. The maximum atomic E-state index is 12.0.